The number of nitrogens with zero attached hydrogens (tertiary/aromatic N) is 2. The number of rotatable bonds is 4. The Labute approximate surface area is 86.6 Å². The summed E-state index contributed by atoms with van der Waals surface area (Å²) < 4.78 is 5.42. The second-order valence-corrected chi connectivity index (χ2v) is 3.65. The Morgan fingerprint density at radius 3 is 3.07 bits per heavy atom. The molecule has 1 heterocycles. The van der Waals surface area contributed by atoms with Crippen LogP contribution in [0.4, 0.5) is 5.95 Å². The zero-order valence-electron chi connectivity index (χ0n) is 7.53. The lowest BCUT2D eigenvalue weighted by Crippen LogP contribution is -2.11. The Bertz CT molecular complexity index is 329. The molecule has 1 fully saturated rings. The highest BCUT2D eigenvalue weighted by Gasteiger charge is 2.22. The summed E-state index contributed by atoms with van der Waals surface area (Å²) in [5, 5.41) is 0.407. The molecule has 0 amide bonds. The molecule has 3 N–H and O–H groups in total. The average Bonchev–Trinajstić information content (AvgIpc) is 3.00. The monoisotopic (exact) mass is 214 g/mol. The number of nitrogens with two attached hydrogens (primary N) is 1. The Hall–Kier alpha value is -1.07. The van der Waals surface area contributed by atoms with Crippen LogP contribution in [0.1, 0.15) is 12.8 Å². The highest BCUT2D eigenvalue weighted by molar-refractivity contribution is 6.31. The minimum atomic E-state index is 0.306. The van der Waals surface area contributed by atoms with Crippen molar-refractivity contribution in [2.45, 2.75) is 12.8 Å². The fourth-order valence-electron chi connectivity index (χ4n) is 1.00. The highest BCUT2D eigenvalue weighted by Crippen LogP contribution is 2.30. The van der Waals surface area contributed by atoms with Gasteiger partial charge in [-0.05, 0) is 18.8 Å². The highest BCUT2D eigenvalue weighted by atomic mass is 35.5. The maximum absolute atomic E-state index is 5.84. The van der Waals surface area contributed by atoms with Crippen LogP contribution in [0.5, 0.6) is 5.88 Å². The molecule has 1 aliphatic carbocycles. The van der Waals surface area contributed by atoms with Crippen molar-refractivity contribution >= 4 is 17.5 Å². The van der Waals surface area contributed by atoms with Crippen LogP contribution in [0, 0.1) is 5.92 Å². The SMILES string of the molecule is NNc1ncc(Cl)c(OCC2CC2)n1. The molecule has 0 spiro atoms. The van der Waals surface area contributed by atoms with Gasteiger partial charge in [-0.25, -0.2) is 10.8 Å². The van der Waals surface area contributed by atoms with Gasteiger partial charge in [0.05, 0.1) is 12.8 Å². The predicted octanol–water partition coefficient (Wildman–Crippen LogP) is 1.20. The number of anilines is 1. The molecule has 0 bridgehead atoms. The van der Waals surface area contributed by atoms with Crippen molar-refractivity contribution in [2.24, 2.45) is 11.8 Å². The number of aromatic nitrogens is 2. The van der Waals surface area contributed by atoms with Crippen LogP contribution in [-0.4, -0.2) is 16.6 Å². The summed E-state index contributed by atoms with van der Waals surface area (Å²) in [4.78, 5) is 7.83. The molecule has 1 aliphatic rings. The predicted molar refractivity (Wildman–Crippen MR) is 53.1 cm³/mol. The van der Waals surface area contributed by atoms with Gasteiger partial charge in [0.15, 0.2) is 0 Å². The Morgan fingerprint density at radius 1 is 1.64 bits per heavy atom. The zero-order valence-corrected chi connectivity index (χ0v) is 8.29. The normalized spacial score (nSPS) is 15.3. The van der Waals surface area contributed by atoms with Gasteiger partial charge in [0, 0.05) is 0 Å². The number of nitrogens with one attached hydrogen (secondary N) is 1. The first kappa shape index (κ1) is 9.48. The Balaban J connectivity index is 2.04. The summed E-state index contributed by atoms with van der Waals surface area (Å²) in [5.74, 6) is 6.52. The van der Waals surface area contributed by atoms with E-state index in [0.29, 0.717) is 29.4 Å². The van der Waals surface area contributed by atoms with Gasteiger partial charge in [0.2, 0.25) is 11.8 Å². The van der Waals surface area contributed by atoms with Crippen LogP contribution in [0.2, 0.25) is 5.02 Å². The molecular formula is C8H11ClN4O. The van der Waals surface area contributed by atoms with E-state index in [2.05, 4.69) is 15.4 Å². The van der Waals surface area contributed by atoms with Crippen molar-refractivity contribution in [1.29, 1.82) is 0 Å². The van der Waals surface area contributed by atoms with Crippen LogP contribution in [0.15, 0.2) is 6.20 Å². The van der Waals surface area contributed by atoms with Gasteiger partial charge >= 0.3 is 0 Å². The maximum Gasteiger partial charge on any atom is 0.240 e. The van der Waals surface area contributed by atoms with Crippen molar-refractivity contribution in [2.75, 3.05) is 12.0 Å². The molecule has 0 radical (unpaired) electrons. The number of hydrogen-bond acceptors (Lipinski definition) is 5. The van der Waals surface area contributed by atoms with Gasteiger partial charge in [-0.15, -0.1) is 0 Å². The molecule has 0 aliphatic heterocycles. The molecule has 1 aromatic rings. The second-order valence-electron chi connectivity index (χ2n) is 3.25. The van der Waals surface area contributed by atoms with Crippen LogP contribution < -0.4 is 16.0 Å². The summed E-state index contributed by atoms with van der Waals surface area (Å²) in [6.07, 6.45) is 3.92. The molecule has 0 atom stereocenters. The maximum atomic E-state index is 5.84. The largest absolute Gasteiger partial charge is 0.476 e. The van der Waals surface area contributed by atoms with E-state index in [0.717, 1.165) is 0 Å². The summed E-state index contributed by atoms with van der Waals surface area (Å²) in [7, 11) is 0. The van der Waals surface area contributed by atoms with Crippen molar-refractivity contribution in [3.63, 3.8) is 0 Å². The van der Waals surface area contributed by atoms with E-state index in [1.54, 1.807) is 0 Å². The molecule has 0 saturated heterocycles. The van der Waals surface area contributed by atoms with Gasteiger partial charge in [0.25, 0.3) is 0 Å². The molecule has 1 aromatic heterocycles. The molecule has 0 aromatic carbocycles. The Kier molecular flexibility index (Phi) is 2.69. The van der Waals surface area contributed by atoms with E-state index >= 15 is 0 Å². The van der Waals surface area contributed by atoms with E-state index in [4.69, 9.17) is 22.2 Å². The Morgan fingerprint density at radius 2 is 2.43 bits per heavy atom. The lowest BCUT2D eigenvalue weighted by Gasteiger charge is -2.06. The molecular weight excluding hydrogens is 204 g/mol. The lowest BCUT2D eigenvalue weighted by molar-refractivity contribution is 0.288. The molecule has 1 saturated carbocycles. The quantitative estimate of drug-likeness (QED) is 0.582. The zero-order chi connectivity index (χ0) is 9.97. The van der Waals surface area contributed by atoms with E-state index in [9.17, 15) is 0 Å². The van der Waals surface area contributed by atoms with E-state index in [1.807, 2.05) is 0 Å². The number of hydrogen-bond donors (Lipinski definition) is 2. The third-order valence-corrected chi connectivity index (χ3v) is 2.25. The van der Waals surface area contributed by atoms with Crippen LogP contribution in [0.3, 0.4) is 0 Å². The van der Waals surface area contributed by atoms with E-state index in [1.165, 1.54) is 19.0 Å². The molecule has 14 heavy (non-hydrogen) atoms. The number of nitrogen functional groups attached to an aromatic ring is 1. The first-order valence-corrected chi connectivity index (χ1v) is 4.79. The summed E-state index contributed by atoms with van der Waals surface area (Å²) in [5.41, 5.74) is 2.34. The summed E-state index contributed by atoms with van der Waals surface area (Å²) >= 11 is 5.84. The molecule has 5 nitrogen and oxygen atoms in total. The summed E-state index contributed by atoms with van der Waals surface area (Å²) in [6, 6.07) is 0. The average molecular weight is 215 g/mol. The van der Waals surface area contributed by atoms with Crippen LogP contribution >= 0.6 is 11.6 Å². The van der Waals surface area contributed by atoms with Crippen molar-refractivity contribution in [3.05, 3.63) is 11.2 Å². The third kappa shape index (κ3) is 2.24. The smallest absolute Gasteiger partial charge is 0.240 e. The number of halogens is 1. The minimum Gasteiger partial charge on any atom is -0.476 e. The number of hydrazine groups is 1. The first-order chi connectivity index (χ1) is 6.79. The fraction of sp³-hybridized carbons (Fsp3) is 0.500. The van der Waals surface area contributed by atoms with Crippen LogP contribution in [0.25, 0.3) is 0 Å². The molecule has 76 valence electrons. The van der Waals surface area contributed by atoms with Crippen molar-refractivity contribution in [1.82, 2.24) is 9.97 Å². The molecule has 2 rings (SSSR count). The molecule has 6 heteroatoms. The van der Waals surface area contributed by atoms with Crippen molar-refractivity contribution < 1.29 is 4.74 Å². The van der Waals surface area contributed by atoms with E-state index in [-0.39, 0.29) is 0 Å². The van der Waals surface area contributed by atoms with Crippen LogP contribution in [-0.2, 0) is 0 Å². The third-order valence-electron chi connectivity index (χ3n) is 1.99. The summed E-state index contributed by atoms with van der Waals surface area (Å²) in [6.45, 7) is 0.667. The number of ether oxygens (including phenoxy) is 1. The van der Waals surface area contributed by atoms with Gasteiger partial charge in [-0.2, -0.15) is 4.98 Å². The van der Waals surface area contributed by atoms with Crippen molar-refractivity contribution in [3.8, 4) is 5.88 Å². The van der Waals surface area contributed by atoms with E-state index < -0.39 is 0 Å². The topological polar surface area (TPSA) is 73.1 Å². The second kappa shape index (κ2) is 3.98. The van der Waals surface area contributed by atoms with Gasteiger partial charge < -0.3 is 4.74 Å². The first-order valence-electron chi connectivity index (χ1n) is 4.41. The van der Waals surface area contributed by atoms with Gasteiger partial charge in [-0.1, -0.05) is 11.6 Å². The fourth-order valence-corrected chi connectivity index (χ4v) is 1.15. The lowest BCUT2D eigenvalue weighted by atomic mass is 10.5. The molecule has 0 unspecified atom stereocenters. The van der Waals surface area contributed by atoms with Gasteiger partial charge in [0.1, 0.15) is 5.02 Å². The standard InChI is InChI=1S/C8H11ClN4O/c9-6-3-11-8(13-10)12-7(6)14-4-5-1-2-5/h3,5H,1-2,4,10H2,(H,11,12,13). The minimum absolute atomic E-state index is 0.306. The van der Waals surface area contributed by atoms with Gasteiger partial charge in [-0.3, -0.25) is 5.43 Å².